The van der Waals surface area contributed by atoms with Gasteiger partial charge in [-0.1, -0.05) is 42.5 Å². The number of aliphatic hydroxyl groups excluding tert-OH is 2. The molecule has 4 N–H and O–H groups in total. The van der Waals surface area contributed by atoms with Crippen molar-refractivity contribution in [3.8, 4) is 0 Å². The van der Waals surface area contributed by atoms with E-state index in [2.05, 4.69) is 34.9 Å². The molecule has 1 heterocycles. The fourth-order valence-electron chi connectivity index (χ4n) is 4.01. The Morgan fingerprint density at radius 2 is 1.93 bits per heavy atom. The Morgan fingerprint density at radius 1 is 1.20 bits per heavy atom. The van der Waals surface area contributed by atoms with Gasteiger partial charge in [0.05, 0.1) is 18.7 Å². The van der Waals surface area contributed by atoms with Gasteiger partial charge in [0.15, 0.2) is 0 Å². The van der Waals surface area contributed by atoms with Crippen molar-refractivity contribution in [3.63, 3.8) is 0 Å². The van der Waals surface area contributed by atoms with Gasteiger partial charge >= 0.3 is 0 Å². The highest BCUT2D eigenvalue weighted by molar-refractivity contribution is 7.98. The normalized spacial score (nSPS) is 21.0. The number of piperidine rings is 1. The van der Waals surface area contributed by atoms with Crippen molar-refractivity contribution in [3.05, 3.63) is 65.7 Å². The van der Waals surface area contributed by atoms with Gasteiger partial charge in [-0.15, -0.1) is 11.8 Å². The summed E-state index contributed by atoms with van der Waals surface area (Å²) in [4.78, 5) is 13.9. The molecule has 2 unspecified atom stereocenters. The molecule has 5 nitrogen and oxygen atoms in total. The molecule has 4 atom stereocenters. The Labute approximate surface area is 183 Å². The van der Waals surface area contributed by atoms with Crippen LogP contribution in [0.15, 0.2) is 59.5 Å². The number of aliphatic hydroxyl groups is 2. The summed E-state index contributed by atoms with van der Waals surface area (Å²) in [6.07, 6.45) is 4.95. The first kappa shape index (κ1) is 22.8. The lowest BCUT2D eigenvalue weighted by Gasteiger charge is -2.31. The molecule has 2 aromatic carbocycles. The van der Waals surface area contributed by atoms with E-state index in [0.29, 0.717) is 11.5 Å². The van der Waals surface area contributed by atoms with Crippen molar-refractivity contribution in [2.75, 3.05) is 19.4 Å². The number of hydrogen-bond acceptors (Lipinski definition) is 5. The summed E-state index contributed by atoms with van der Waals surface area (Å²) in [7, 11) is 0. The number of amides is 1. The van der Waals surface area contributed by atoms with E-state index in [0.717, 1.165) is 37.1 Å². The standard InChI is InChI=1S/C24H32N2O3S/c1-30-20-11-9-19(10-12-20)23(28)22(16-27)26-24(29)21-15-18(13-14-25-21)8-7-17-5-3-2-4-6-17/h2-6,9-12,18,21-23,25,27-28H,7-8,13-16H2,1H3,(H,26,29)/t18?,21?,22-,23-/m0/s1. The van der Waals surface area contributed by atoms with E-state index in [1.54, 1.807) is 11.8 Å². The number of aryl methyl sites for hydroxylation is 1. The summed E-state index contributed by atoms with van der Waals surface area (Å²) in [5, 5.41) is 26.6. The third kappa shape index (κ3) is 6.32. The molecule has 0 bridgehead atoms. The van der Waals surface area contributed by atoms with Crippen LogP contribution in [-0.2, 0) is 11.2 Å². The lowest BCUT2D eigenvalue weighted by Crippen LogP contribution is -2.53. The molecule has 1 saturated heterocycles. The highest BCUT2D eigenvalue weighted by Gasteiger charge is 2.30. The van der Waals surface area contributed by atoms with Crippen molar-refractivity contribution in [1.29, 1.82) is 0 Å². The molecule has 1 amide bonds. The Bertz CT molecular complexity index is 785. The lowest BCUT2D eigenvalue weighted by atomic mass is 9.87. The van der Waals surface area contributed by atoms with Crippen LogP contribution in [0, 0.1) is 5.92 Å². The summed E-state index contributed by atoms with van der Waals surface area (Å²) in [6, 6.07) is 16.9. The number of rotatable bonds is 9. The minimum Gasteiger partial charge on any atom is -0.394 e. The zero-order chi connectivity index (χ0) is 21.3. The lowest BCUT2D eigenvalue weighted by molar-refractivity contribution is -0.126. The van der Waals surface area contributed by atoms with E-state index in [-0.39, 0.29) is 18.6 Å². The van der Waals surface area contributed by atoms with Crippen LogP contribution in [0.3, 0.4) is 0 Å². The quantitative estimate of drug-likeness (QED) is 0.462. The molecule has 3 rings (SSSR count). The van der Waals surface area contributed by atoms with E-state index in [4.69, 9.17) is 0 Å². The molecule has 2 aromatic rings. The summed E-state index contributed by atoms with van der Waals surface area (Å²) in [5.41, 5.74) is 2.01. The number of benzene rings is 2. The third-order valence-electron chi connectivity index (χ3n) is 5.88. The molecule has 0 spiro atoms. The highest BCUT2D eigenvalue weighted by atomic mass is 32.2. The second-order valence-corrected chi connectivity index (χ2v) is 8.82. The SMILES string of the molecule is CSc1ccc([C@H](O)[C@H](CO)NC(=O)C2CC(CCc3ccccc3)CCN2)cc1. The molecular weight excluding hydrogens is 396 g/mol. The zero-order valence-corrected chi connectivity index (χ0v) is 18.3. The average molecular weight is 429 g/mol. The molecule has 0 saturated carbocycles. The molecule has 162 valence electrons. The fraction of sp³-hybridized carbons (Fsp3) is 0.458. The monoisotopic (exact) mass is 428 g/mol. The first-order valence-electron chi connectivity index (χ1n) is 10.6. The van der Waals surface area contributed by atoms with Gasteiger partial charge < -0.3 is 20.8 Å². The number of nitrogens with one attached hydrogen (secondary N) is 2. The maximum atomic E-state index is 12.8. The largest absolute Gasteiger partial charge is 0.394 e. The molecule has 1 aliphatic rings. The van der Waals surface area contributed by atoms with Crippen LogP contribution in [0.25, 0.3) is 0 Å². The van der Waals surface area contributed by atoms with Crippen LogP contribution in [0.2, 0.25) is 0 Å². The van der Waals surface area contributed by atoms with Gasteiger partial charge in [0.1, 0.15) is 6.10 Å². The molecule has 1 fully saturated rings. The Morgan fingerprint density at radius 3 is 2.60 bits per heavy atom. The first-order valence-corrected chi connectivity index (χ1v) is 11.8. The van der Waals surface area contributed by atoms with Gasteiger partial charge in [-0.25, -0.2) is 0 Å². The van der Waals surface area contributed by atoms with Crippen molar-refractivity contribution >= 4 is 17.7 Å². The maximum Gasteiger partial charge on any atom is 0.237 e. The summed E-state index contributed by atoms with van der Waals surface area (Å²) < 4.78 is 0. The van der Waals surface area contributed by atoms with Crippen LogP contribution in [0.4, 0.5) is 0 Å². The van der Waals surface area contributed by atoms with Gasteiger partial charge in [-0.2, -0.15) is 0 Å². The molecule has 1 aliphatic heterocycles. The molecule has 6 heteroatoms. The van der Waals surface area contributed by atoms with Gasteiger partial charge in [-0.05, 0) is 67.7 Å². The van der Waals surface area contributed by atoms with Crippen LogP contribution < -0.4 is 10.6 Å². The molecule has 0 aliphatic carbocycles. The first-order chi connectivity index (χ1) is 14.6. The molecule has 0 aromatic heterocycles. The number of carbonyl (C=O) groups excluding carboxylic acids is 1. The van der Waals surface area contributed by atoms with E-state index in [1.165, 1.54) is 5.56 Å². The summed E-state index contributed by atoms with van der Waals surface area (Å²) in [5.74, 6) is 0.331. The topological polar surface area (TPSA) is 81.6 Å². The van der Waals surface area contributed by atoms with Crippen molar-refractivity contribution in [1.82, 2.24) is 10.6 Å². The van der Waals surface area contributed by atoms with Gasteiger partial charge in [0.25, 0.3) is 0 Å². The van der Waals surface area contributed by atoms with Crippen LogP contribution in [0.1, 0.15) is 36.5 Å². The predicted molar refractivity (Wildman–Crippen MR) is 121 cm³/mol. The summed E-state index contributed by atoms with van der Waals surface area (Å²) in [6.45, 7) is 0.487. The van der Waals surface area contributed by atoms with E-state index >= 15 is 0 Å². The second kappa shape index (κ2) is 11.5. The van der Waals surface area contributed by atoms with Crippen LogP contribution >= 0.6 is 11.8 Å². The molecular formula is C24H32N2O3S. The Balaban J connectivity index is 1.53. The minimum atomic E-state index is -0.952. The molecule has 0 radical (unpaired) electrons. The van der Waals surface area contributed by atoms with Crippen molar-refractivity contribution < 1.29 is 15.0 Å². The van der Waals surface area contributed by atoms with E-state index < -0.39 is 12.1 Å². The second-order valence-electron chi connectivity index (χ2n) is 7.94. The fourth-order valence-corrected chi connectivity index (χ4v) is 4.42. The highest BCUT2D eigenvalue weighted by Crippen LogP contribution is 2.24. The Hall–Kier alpha value is -1.86. The Kier molecular flexibility index (Phi) is 8.75. The maximum absolute atomic E-state index is 12.8. The minimum absolute atomic E-state index is 0.154. The smallest absolute Gasteiger partial charge is 0.237 e. The number of thioether (sulfide) groups is 1. The van der Waals surface area contributed by atoms with Gasteiger partial charge in [-0.3, -0.25) is 4.79 Å². The third-order valence-corrected chi connectivity index (χ3v) is 6.62. The van der Waals surface area contributed by atoms with Gasteiger partial charge in [0.2, 0.25) is 5.91 Å². The van der Waals surface area contributed by atoms with Crippen molar-refractivity contribution in [2.45, 2.75) is 48.8 Å². The molecule has 30 heavy (non-hydrogen) atoms. The number of hydrogen-bond donors (Lipinski definition) is 4. The summed E-state index contributed by atoms with van der Waals surface area (Å²) >= 11 is 1.63. The van der Waals surface area contributed by atoms with E-state index in [1.807, 2.05) is 36.6 Å². The number of carbonyl (C=O) groups is 1. The predicted octanol–water partition coefficient (Wildman–Crippen LogP) is 2.92. The zero-order valence-electron chi connectivity index (χ0n) is 17.5. The van der Waals surface area contributed by atoms with Crippen molar-refractivity contribution in [2.24, 2.45) is 5.92 Å². The average Bonchev–Trinajstić information content (AvgIpc) is 2.81. The van der Waals surface area contributed by atoms with Crippen LogP contribution in [0.5, 0.6) is 0 Å². The van der Waals surface area contributed by atoms with Crippen LogP contribution in [-0.4, -0.2) is 47.6 Å². The van der Waals surface area contributed by atoms with E-state index in [9.17, 15) is 15.0 Å². The van der Waals surface area contributed by atoms with Gasteiger partial charge in [0, 0.05) is 4.90 Å².